The Bertz CT molecular complexity index is 920. The SMILES string of the molecule is CCCNC(=O)c1ncc2c(-c3nncn3C)c(F)ccc2c1N. The quantitative estimate of drug-likeness (QED) is 0.762. The van der Waals surface area contributed by atoms with Gasteiger partial charge in [0.2, 0.25) is 0 Å². The molecule has 124 valence electrons. The minimum absolute atomic E-state index is 0.131. The van der Waals surface area contributed by atoms with E-state index in [1.807, 2.05) is 6.92 Å². The summed E-state index contributed by atoms with van der Waals surface area (Å²) in [6.45, 7) is 2.49. The first kappa shape index (κ1) is 15.9. The molecule has 0 saturated heterocycles. The van der Waals surface area contributed by atoms with Gasteiger partial charge in [0.05, 0.1) is 11.3 Å². The molecule has 0 aliphatic carbocycles. The number of carbonyl (C=O) groups excluding carboxylic acids is 1. The van der Waals surface area contributed by atoms with Gasteiger partial charge in [0.15, 0.2) is 11.5 Å². The van der Waals surface area contributed by atoms with E-state index in [2.05, 4.69) is 20.5 Å². The number of fused-ring (bicyclic) bond motifs is 1. The number of pyridine rings is 1. The number of halogens is 1. The van der Waals surface area contributed by atoms with E-state index >= 15 is 0 Å². The molecule has 1 amide bonds. The van der Waals surface area contributed by atoms with Crippen LogP contribution < -0.4 is 11.1 Å². The monoisotopic (exact) mass is 328 g/mol. The highest BCUT2D eigenvalue weighted by Crippen LogP contribution is 2.33. The van der Waals surface area contributed by atoms with Crippen LogP contribution in [0.15, 0.2) is 24.7 Å². The molecular weight excluding hydrogens is 311 g/mol. The summed E-state index contributed by atoms with van der Waals surface area (Å²) in [5.41, 5.74) is 6.71. The Morgan fingerprint density at radius 2 is 2.17 bits per heavy atom. The van der Waals surface area contributed by atoms with E-state index in [0.29, 0.717) is 23.1 Å². The predicted octanol–water partition coefficient (Wildman–Crippen LogP) is 1.89. The van der Waals surface area contributed by atoms with Gasteiger partial charge < -0.3 is 15.6 Å². The maximum atomic E-state index is 14.4. The van der Waals surface area contributed by atoms with Crippen molar-refractivity contribution in [1.82, 2.24) is 25.1 Å². The molecular formula is C16H17FN6O. The van der Waals surface area contributed by atoms with Crippen LogP contribution in [-0.2, 0) is 7.05 Å². The minimum Gasteiger partial charge on any atom is -0.396 e. The molecule has 0 aliphatic rings. The first-order chi connectivity index (χ1) is 11.5. The molecule has 7 nitrogen and oxygen atoms in total. The zero-order valence-corrected chi connectivity index (χ0v) is 13.4. The van der Waals surface area contributed by atoms with E-state index in [-0.39, 0.29) is 22.9 Å². The van der Waals surface area contributed by atoms with Gasteiger partial charge in [-0.05, 0) is 18.6 Å². The number of aromatic nitrogens is 4. The number of aryl methyl sites for hydroxylation is 1. The first-order valence-corrected chi connectivity index (χ1v) is 7.53. The van der Waals surface area contributed by atoms with Crippen molar-refractivity contribution < 1.29 is 9.18 Å². The van der Waals surface area contributed by atoms with Gasteiger partial charge in [-0.1, -0.05) is 6.92 Å². The molecule has 0 atom stereocenters. The lowest BCUT2D eigenvalue weighted by molar-refractivity contribution is 0.0950. The standard InChI is InChI=1S/C16H17FN6O/c1-3-6-19-16(24)14-13(18)9-4-5-11(17)12(10(9)7-20-14)15-22-21-8-23(15)2/h4-5,7-8H,3,6,18H2,1-2H3,(H,19,24). The van der Waals surface area contributed by atoms with Crippen LogP contribution >= 0.6 is 0 Å². The summed E-state index contributed by atoms with van der Waals surface area (Å²) in [5, 5.41) is 11.5. The third kappa shape index (κ3) is 2.55. The molecule has 3 rings (SSSR count). The molecule has 0 radical (unpaired) electrons. The number of amides is 1. The van der Waals surface area contributed by atoms with Crippen LogP contribution in [0.2, 0.25) is 0 Å². The van der Waals surface area contributed by atoms with Crippen LogP contribution in [0, 0.1) is 5.82 Å². The van der Waals surface area contributed by atoms with E-state index in [0.717, 1.165) is 6.42 Å². The fourth-order valence-electron chi connectivity index (χ4n) is 2.53. The van der Waals surface area contributed by atoms with Crippen molar-refractivity contribution in [2.45, 2.75) is 13.3 Å². The number of nitrogens with one attached hydrogen (secondary N) is 1. The smallest absolute Gasteiger partial charge is 0.272 e. The molecule has 8 heteroatoms. The Morgan fingerprint density at radius 3 is 2.83 bits per heavy atom. The molecule has 2 aromatic heterocycles. The third-order valence-corrected chi connectivity index (χ3v) is 3.75. The van der Waals surface area contributed by atoms with E-state index in [1.54, 1.807) is 11.6 Å². The highest BCUT2D eigenvalue weighted by atomic mass is 19.1. The summed E-state index contributed by atoms with van der Waals surface area (Å²) in [4.78, 5) is 16.3. The number of hydrogen-bond donors (Lipinski definition) is 2. The van der Waals surface area contributed by atoms with Gasteiger partial charge in [-0.2, -0.15) is 0 Å². The minimum atomic E-state index is -0.456. The summed E-state index contributed by atoms with van der Waals surface area (Å²) in [6, 6.07) is 2.84. The van der Waals surface area contributed by atoms with Gasteiger partial charge >= 0.3 is 0 Å². The van der Waals surface area contributed by atoms with Gasteiger partial charge in [-0.15, -0.1) is 10.2 Å². The zero-order valence-electron chi connectivity index (χ0n) is 13.4. The van der Waals surface area contributed by atoms with Gasteiger partial charge in [-0.3, -0.25) is 4.79 Å². The van der Waals surface area contributed by atoms with Gasteiger partial charge in [0, 0.05) is 30.6 Å². The number of carbonyl (C=O) groups is 1. The van der Waals surface area contributed by atoms with Crippen molar-refractivity contribution in [3.8, 4) is 11.4 Å². The predicted molar refractivity (Wildman–Crippen MR) is 88.7 cm³/mol. The Kier molecular flexibility index (Phi) is 4.11. The van der Waals surface area contributed by atoms with Crippen molar-refractivity contribution in [2.24, 2.45) is 7.05 Å². The van der Waals surface area contributed by atoms with E-state index < -0.39 is 5.82 Å². The van der Waals surface area contributed by atoms with Crippen molar-refractivity contribution in [3.63, 3.8) is 0 Å². The van der Waals surface area contributed by atoms with Crippen molar-refractivity contribution in [1.29, 1.82) is 0 Å². The molecule has 3 aromatic rings. The van der Waals surface area contributed by atoms with Gasteiger partial charge in [-0.25, -0.2) is 9.37 Å². The number of nitrogens with two attached hydrogens (primary N) is 1. The second-order valence-electron chi connectivity index (χ2n) is 5.43. The largest absolute Gasteiger partial charge is 0.396 e. The van der Waals surface area contributed by atoms with Crippen molar-refractivity contribution in [2.75, 3.05) is 12.3 Å². The number of nitrogen functional groups attached to an aromatic ring is 1. The molecule has 24 heavy (non-hydrogen) atoms. The van der Waals surface area contributed by atoms with Crippen LogP contribution in [0.4, 0.5) is 10.1 Å². The van der Waals surface area contributed by atoms with Gasteiger partial charge in [0.25, 0.3) is 5.91 Å². The first-order valence-electron chi connectivity index (χ1n) is 7.53. The molecule has 3 N–H and O–H groups in total. The summed E-state index contributed by atoms with van der Waals surface area (Å²) in [6.07, 6.45) is 3.73. The number of anilines is 1. The number of rotatable bonds is 4. The lowest BCUT2D eigenvalue weighted by atomic mass is 10.0. The third-order valence-electron chi connectivity index (χ3n) is 3.75. The maximum absolute atomic E-state index is 14.4. The summed E-state index contributed by atoms with van der Waals surface area (Å²) in [5.74, 6) is -0.439. The van der Waals surface area contributed by atoms with Crippen LogP contribution in [-0.4, -0.2) is 32.2 Å². The van der Waals surface area contributed by atoms with Crippen LogP contribution in [0.5, 0.6) is 0 Å². The maximum Gasteiger partial charge on any atom is 0.272 e. The summed E-state index contributed by atoms with van der Waals surface area (Å²) in [7, 11) is 1.72. The molecule has 0 bridgehead atoms. The second kappa shape index (κ2) is 6.23. The fourth-order valence-corrected chi connectivity index (χ4v) is 2.53. The highest BCUT2D eigenvalue weighted by Gasteiger charge is 2.19. The van der Waals surface area contributed by atoms with Crippen molar-refractivity contribution >= 4 is 22.4 Å². The topological polar surface area (TPSA) is 98.7 Å². The second-order valence-corrected chi connectivity index (χ2v) is 5.43. The zero-order chi connectivity index (χ0) is 17.3. The molecule has 0 saturated carbocycles. The molecule has 1 aromatic carbocycles. The van der Waals surface area contributed by atoms with E-state index in [1.165, 1.54) is 24.7 Å². The summed E-state index contributed by atoms with van der Waals surface area (Å²) < 4.78 is 16.0. The number of benzene rings is 1. The van der Waals surface area contributed by atoms with Crippen LogP contribution in [0.1, 0.15) is 23.8 Å². The molecule has 2 heterocycles. The molecule has 0 spiro atoms. The fraction of sp³-hybridized carbons (Fsp3) is 0.250. The van der Waals surface area contributed by atoms with Crippen LogP contribution in [0.25, 0.3) is 22.2 Å². The molecule has 0 unspecified atom stereocenters. The average Bonchev–Trinajstić information content (AvgIpc) is 2.98. The van der Waals surface area contributed by atoms with E-state index in [4.69, 9.17) is 5.73 Å². The Morgan fingerprint density at radius 1 is 1.38 bits per heavy atom. The lowest BCUT2D eigenvalue weighted by Gasteiger charge is -2.12. The van der Waals surface area contributed by atoms with Gasteiger partial charge in [0.1, 0.15) is 12.1 Å². The lowest BCUT2D eigenvalue weighted by Crippen LogP contribution is -2.26. The van der Waals surface area contributed by atoms with Crippen molar-refractivity contribution in [3.05, 3.63) is 36.2 Å². The van der Waals surface area contributed by atoms with E-state index in [9.17, 15) is 9.18 Å². The number of hydrogen-bond acceptors (Lipinski definition) is 5. The molecule has 0 fully saturated rings. The Balaban J connectivity index is 2.19. The normalized spacial score (nSPS) is 11.0. The molecule has 0 aliphatic heterocycles. The Hall–Kier alpha value is -3.03. The highest BCUT2D eigenvalue weighted by molar-refractivity contribution is 6.08. The number of nitrogens with zero attached hydrogens (tertiary/aromatic N) is 4. The average molecular weight is 328 g/mol. The van der Waals surface area contributed by atoms with Crippen LogP contribution in [0.3, 0.4) is 0 Å². The Labute approximate surface area is 137 Å². The summed E-state index contributed by atoms with van der Waals surface area (Å²) >= 11 is 0.